The van der Waals surface area contributed by atoms with E-state index in [0.29, 0.717) is 6.42 Å². The van der Waals surface area contributed by atoms with Crippen molar-refractivity contribution in [2.45, 2.75) is 12.6 Å². The largest absolute Gasteiger partial charge is 0.484 e. The molecular weight excluding hydrogens is 353 g/mol. The molecule has 9 heteroatoms. The standard InChI is InChI=1S/C17H15F3N2O4/c18-17(19,20)11-26-13-6-7-15(22(24)25)14(10-13)16(23)21-9-8-12-4-2-1-3-5-12/h1-7,10H,8-9,11H2,(H,21,23). The molecule has 1 N–H and O–H groups in total. The van der Waals surface area contributed by atoms with Crippen LogP contribution in [0.25, 0.3) is 0 Å². The highest BCUT2D eigenvalue weighted by molar-refractivity contribution is 5.98. The van der Waals surface area contributed by atoms with Crippen molar-refractivity contribution < 1.29 is 27.6 Å². The Balaban J connectivity index is 2.08. The third kappa shape index (κ3) is 5.76. The molecule has 0 saturated heterocycles. The number of benzene rings is 2. The molecule has 0 fully saturated rings. The number of nitro groups is 1. The summed E-state index contributed by atoms with van der Waals surface area (Å²) >= 11 is 0. The highest BCUT2D eigenvalue weighted by atomic mass is 19.4. The van der Waals surface area contributed by atoms with Gasteiger partial charge in [0.25, 0.3) is 11.6 Å². The molecule has 0 heterocycles. The van der Waals surface area contributed by atoms with Gasteiger partial charge in [-0.05, 0) is 24.1 Å². The van der Waals surface area contributed by atoms with E-state index >= 15 is 0 Å². The van der Waals surface area contributed by atoms with Crippen molar-refractivity contribution in [3.8, 4) is 5.75 Å². The van der Waals surface area contributed by atoms with Crippen molar-refractivity contribution >= 4 is 11.6 Å². The molecule has 26 heavy (non-hydrogen) atoms. The van der Waals surface area contributed by atoms with E-state index in [1.54, 1.807) is 0 Å². The van der Waals surface area contributed by atoms with Crippen LogP contribution in [0.1, 0.15) is 15.9 Å². The van der Waals surface area contributed by atoms with Crippen LogP contribution in [-0.4, -0.2) is 30.2 Å². The number of halogens is 3. The van der Waals surface area contributed by atoms with Gasteiger partial charge >= 0.3 is 6.18 Å². The van der Waals surface area contributed by atoms with E-state index in [0.717, 1.165) is 23.8 Å². The number of nitrogens with one attached hydrogen (secondary N) is 1. The van der Waals surface area contributed by atoms with Crippen molar-refractivity contribution in [3.05, 3.63) is 69.8 Å². The number of nitro benzene ring substituents is 1. The maximum atomic E-state index is 12.2. The Morgan fingerprint density at radius 2 is 1.85 bits per heavy atom. The van der Waals surface area contributed by atoms with Gasteiger partial charge in [0.2, 0.25) is 0 Å². The second-order valence-electron chi connectivity index (χ2n) is 5.33. The molecule has 0 unspecified atom stereocenters. The van der Waals surface area contributed by atoms with Crippen LogP contribution < -0.4 is 10.1 Å². The first-order chi connectivity index (χ1) is 12.3. The lowest BCUT2D eigenvalue weighted by Gasteiger charge is -2.11. The van der Waals surface area contributed by atoms with Crippen LogP contribution in [0.3, 0.4) is 0 Å². The monoisotopic (exact) mass is 368 g/mol. The minimum Gasteiger partial charge on any atom is -0.484 e. The molecule has 0 aliphatic heterocycles. The molecule has 2 aromatic rings. The average Bonchev–Trinajstić information content (AvgIpc) is 2.60. The Labute approximate surface area is 146 Å². The molecule has 1 amide bonds. The average molecular weight is 368 g/mol. The molecule has 0 spiro atoms. The summed E-state index contributed by atoms with van der Waals surface area (Å²) in [5, 5.41) is 13.6. The molecule has 0 saturated carbocycles. The van der Waals surface area contributed by atoms with Gasteiger partial charge in [-0.2, -0.15) is 13.2 Å². The Kier molecular flexibility index (Phi) is 6.16. The van der Waals surface area contributed by atoms with Crippen LogP contribution in [0.5, 0.6) is 5.75 Å². The number of nitrogens with zero attached hydrogens (tertiary/aromatic N) is 1. The second kappa shape index (κ2) is 8.32. The number of amides is 1. The topological polar surface area (TPSA) is 81.5 Å². The molecule has 0 atom stereocenters. The van der Waals surface area contributed by atoms with E-state index in [-0.39, 0.29) is 17.9 Å². The fraction of sp³-hybridized carbons (Fsp3) is 0.235. The van der Waals surface area contributed by atoms with Gasteiger partial charge in [0, 0.05) is 12.6 Å². The first-order valence-corrected chi connectivity index (χ1v) is 7.56. The first-order valence-electron chi connectivity index (χ1n) is 7.56. The molecule has 0 aromatic heterocycles. The van der Waals surface area contributed by atoms with E-state index in [1.807, 2.05) is 30.3 Å². The van der Waals surface area contributed by atoms with Crippen molar-refractivity contribution in [1.29, 1.82) is 0 Å². The zero-order chi connectivity index (χ0) is 19.2. The van der Waals surface area contributed by atoms with Crippen molar-refractivity contribution in [2.24, 2.45) is 0 Å². The highest BCUT2D eigenvalue weighted by Gasteiger charge is 2.29. The number of alkyl halides is 3. The van der Waals surface area contributed by atoms with Gasteiger partial charge in [-0.1, -0.05) is 30.3 Å². The maximum absolute atomic E-state index is 12.2. The van der Waals surface area contributed by atoms with E-state index in [9.17, 15) is 28.1 Å². The van der Waals surface area contributed by atoms with Crippen molar-refractivity contribution in [1.82, 2.24) is 5.32 Å². The number of rotatable bonds is 7. The van der Waals surface area contributed by atoms with E-state index < -0.39 is 29.3 Å². The predicted molar refractivity (Wildman–Crippen MR) is 87.1 cm³/mol. The Hall–Kier alpha value is -3.10. The Morgan fingerprint density at radius 3 is 2.46 bits per heavy atom. The summed E-state index contributed by atoms with van der Waals surface area (Å²) in [7, 11) is 0. The SMILES string of the molecule is O=C(NCCc1ccccc1)c1cc(OCC(F)(F)F)ccc1[N+](=O)[O-]. The van der Waals surface area contributed by atoms with Crippen LogP contribution in [0.15, 0.2) is 48.5 Å². The second-order valence-corrected chi connectivity index (χ2v) is 5.33. The quantitative estimate of drug-likeness (QED) is 0.599. The molecule has 6 nitrogen and oxygen atoms in total. The van der Waals surface area contributed by atoms with Crippen LogP contribution in [0.4, 0.5) is 18.9 Å². The Morgan fingerprint density at radius 1 is 1.15 bits per heavy atom. The molecule has 2 rings (SSSR count). The third-order valence-electron chi connectivity index (χ3n) is 3.35. The van der Waals surface area contributed by atoms with Crippen LogP contribution in [0.2, 0.25) is 0 Å². The van der Waals surface area contributed by atoms with Crippen LogP contribution in [-0.2, 0) is 6.42 Å². The lowest BCUT2D eigenvalue weighted by atomic mass is 10.1. The molecule has 0 bridgehead atoms. The number of carbonyl (C=O) groups is 1. The van der Waals surface area contributed by atoms with Gasteiger partial charge < -0.3 is 10.1 Å². The zero-order valence-corrected chi connectivity index (χ0v) is 13.5. The van der Waals surface area contributed by atoms with E-state index in [1.165, 1.54) is 0 Å². The van der Waals surface area contributed by atoms with Gasteiger partial charge in [-0.3, -0.25) is 14.9 Å². The summed E-state index contributed by atoms with van der Waals surface area (Å²) < 4.78 is 41.2. The summed E-state index contributed by atoms with van der Waals surface area (Å²) in [6.07, 6.45) is -4.05. The molecule has 0 aliphatic rings. The van der Waals surface area contributed by atoms with Gasteiger partial charge in [-0.25, -0.2) is 0 Å². The maximum Gasteiger partial charge on any atom is 0.422 e. The smallest absolute Gasteiger partial charge is 0.422 e. The first kappa shape index (κ1) is 19.2. The van der Waals surface area contributed by atoms with Crippen molar-refractivity contribution in [3.63, 3.8) is 0 Å². The normalized spacial score (nSPS) is 11.0. The summed E-state index contributed by atoms with van der Waals surface area (Å²) in [6.45, 7) is -1.34. The molecule has 138 valence electrons. The number of hydrogen-bond acceptors (Lipinski definition) is 4. The lowest BCUT2D eigenvalue weighted by molar-refractivity contribution is -0.385. The highest BCUT2D eigenvalue weighted by Crippen LogP contribution is 2.25. The zero-order valence-electron chi connectivity index (χ0n) is 13.5. The fourth-order valence-electron chi connectivity index (χ4n) is 2.17. The lowest BCUT2D eigenvalue weighted by Crippen LogP contribution is -2.26. The number of ether oxygens (including phenoxy) is 1. The van der Waals surface area contributed by atoms with Gasteiger partial charge in [0.15, 0.2) is 6.61 Å². The van der Waals surface area contributed by atoms with E-state index in [4.69, 9.17) is 0 Å². The molecular formula is C17H15F3N2O4. The van der Waals surface area contributed by atoms with Crippen molar-refractivity contribution in [2.75, 3.05) is 13.2 Å². The molecule has 0 radical (unpaired) electrons. The Bertz CT molecular complexity index is 779. The summed E-state index contributed by atoms with van der Waals surface area (Å²) in [4.78, 5) is 22.5. The molecule has 2 aromatic carbocycles. The minimum absolute atomic E-state index is 0.216. The van der Waals surface area contributed by atoms with Gasteiger partial charge in [0.1, 0.15) is 11.3 Å². The third-order valence-corrected chi connectivity index (χ3v) is 3.35. The predicted octanol–water partition coefficient (Wildman–Crippen LogP) is 3.51. The van der Waals surface area contributed by atoms with Crippen LogP contribution >= 0.6 is 0 Å². The van der Waals surface area contributed by atoms with Gasteiger partial charge in [-0.15, -0.1) is 0 Å². The number of hydrogen-bond donors (Lipinski definition) is 1. The summed E-state index contributed by atoms with van der Waals surface area (Å²) in [6, 6.07) is 12.1. The van der Waals surface area contributed by atoms with Crippen LogP contribution in [0, 0.1) is 10.1 Å². The summed E-state index contributed by atoms with van der Waals surface area (Å²) in [5.74, 6) is -1.04. The summed E-state index contributed by atoms with van der Waals surface area (Å²) in [5.41, 5.74) is 0.0915. The molecule has 0 aliphatic carbocycles. The van der Waals surface area contributed by atoms with E-state index in [2.05, 4.69) is 10.1 Å². The minimum atomic E-state index is -4.56. The fourth-order valence-corrected chi connectivity index (χ4v) is 2.17. The number of carbonyl (C=O) groups excluding carboxylic acids is 1. The van der Waals surface area contributed by atoms with Gasteiger partial charge in [0.05, 0.1) is 4.92 Å².